The minimum Gasteiger partial charge on any atom is -0.480 e. The van der Waals surface area contributed by atoms with Gasteiger partial charge in [-0.2, -0.15) is 0 Å². The molecule has 24 heavy (non-hydrogen) atoms. The number of hydrogen-bond donors (Lipinski definition) is 4. The maximum Gasteiger partial charge on any atom is 0.341 e. The molecule has 2 amide bonds. The van der Waals surface area contributed by atoms with Gasteiger partial charge in [0.2, 0.25) is 11.8 Å². The molecular formula is C12H18ClN3O7S. The van der Waals surface area contributed by atoms with Gasteiger partial charge in [0.05, 0.1) is 0 Å². The minimum absolute atomic E-state index is 0.0672. The SMILES string of the molecule is CC(=O)SCC(NC(=O)CCC(N)C(=O)OCl)C(=O)NCC(=O)O. The van der Waals surface area contributed by atoms with E-state index in [1.54, 1.807) is 0 Å². The fourth-order valence-corrected chi connectivity index (χ4v) is 2.15. The molecule has 0 bridgehead atoms. The summed E-state index contributed by atoms with van der Waals surface area (Å²) in [6.07, 6.45) is -0.263. The Bertz CT molecular complexity index is 503. The van der Waals surface area contributed by atoms with Gasteiger partial charge in [0.25, 0.3) is 0 Å². The maximum absolute atomic E-state index is 11.9. The first-order valence-corrected chi connectivity index (χ1v) is 7.97. The normalized spacial score (nSPS) is 12.6. The molecule has 0 heterocycles. The summed E-state index contributed by atoms with van der Waals surface area (Å²) in [7, 11) is 0. The van der Waals surface area contributed by atoms with E-state index in [1.807, 2.05) is 0 Å². The summed E-state index contributed by atoms with van der Waals surface area (Å²) in [6, 6.07) is -2.21. The van der Waals surface area contributed by atoms with Crippen LogP contribution in [0.15, 0.2) is 0 Å². The largest absolute Gasteiger partial charge is 0.480 e. The minimum atomic E-state index is -1.25. The van der Waals surface area contributed by atoms with Crippen molar-refractivity contribution in [2.75, 3.05) is 12.3 Å². The third kappa shape index (κ3) is 10.0. The van der Waals surface area contributed by atoms with Crippen molar-refractivity contribution in [3.63, 3.8) is 0 Å². The molecule has 0 aromatic heterocycles. The van der Waals surface area contributed by atoms with E-state index in [-0.39, 0.29) is 23.7 Å². The first-order chi connectivity index (χ1) is 11.2. The quantitative estimate of drug-likeness (QED) is 0.360. The number of thioether (sulfide) groups is 1. The lowest BCUT2D eigenvalue weighted by Gasteiger charge is -2.17. The van der Waals surface area contributed by atoms with Gasteiger partial charge in [0.1, 0.15) is 30.5 Å². The topological polar surface area (TPSA) is 165 Å². The van der Waals surface area contributed by atoms with Gasteiger partial charge >= 0.3 is 11.9 Å². The lowest BCUT2D eigenvalue weighted by molar-refractivity contribution is -0.138. The standard InChI is InChI=1S/C12H18ClN3O7S/c1-6(17)24-5-8(11(21)15-4-10(19)20)16-9(18)3-2-7(14)12(22)23-13/h7-8H,2-5,14H2,1H3,(H,15,21)(H,16,18)(H,19,20). The van der Waals surface area contributed by atoms with E-state index in [9.17, 15) is 24.0 Å². The molecule has 0 saturated heterocycles. The third-order valence-corrected chi connectivity index (χ3v) is 3.64. The number of nitrogens with one attached hydrogen (secondary N) is 2. The Balaban J connectivity index is 4.58. The second-order valence-corrected chi connectivity index (χ2v) is 5.93. The molecule has 0 aliphatic rings. The van der Waals surface area contributed by atoms with Crippen molar-refractivity contribution in [2.45, 2.75) is 31.8 Å². The van der Waals surface area contributed by atoms with E-state index < -0.39 is 42.4 Å². The monoisotopic (exact) mass is 383 g/mol. The Labute approximate surface area is 147 Å². The van der Waals surface area contributed by atoms with Gasteiger partial charge in [-0.05, 0) is 6.42 Å². The Morgan fingerprint density at radius 3 is 2.42 bits per heavy atom. The van der Waals surface area contributed by atoms with Crippen LogP contribution in [0.25, 0.3) is 0 Å². The van der Waals surface area contributed by atoms with E-state index in [1.165, 1.54) is 6.92 Å². The summed E-state index contributed by atoms with van der Waals surface area (Å²) in [6.45, 7) is 0.665. The number of rotatable bonds is 10. The number of carbonyl (C=O) groups excluding carboxylic acids is 4. The van der Waals surface area contributed by atoms with Gasteiger partial charge in [-0.25, -0.2) is 4.79 Å². The number of carboxylic acids is 1. The van der Waals surface area contributed by atoms with Crippen molar-refractivity contribution < 1.29 is 33.4 Å². The van der Waals surface area contributed by atoms with Crippen molar-refractivity contribution in [1.82, 2.24) is 10.6 Å². The highest BCUT2D eigenvalue weighted by molar-refractivity contribution is 8.13. The average molecular weight is 384 g/mol. The number of carbonyl (C=O) groups is 5. The Morgan fingerprint density at radius 1 is 1.29 bits per heavy atom. The molecule has 0 saturated carbocycles. The number of carboxylic acid groups (broad SMARTS) is 1. The Kier molecular flexibility index (Phi) is 10.8. The van der Waals surface area contributed by atoms with Crippen molar-refractivity contribution in [1.29, 1.82) is 0 Å². The predicted octanol–water partition coefficient (Wildman–Crippen LogP) is -1.24. The molecule has 0 radical (unpaired) electrons. The summed E-state index contributed by atoms with van der Waals surface area (Å²) in [5, 5.41) is 12.7. The molecule has 0 rings (SSSR count). The maximum atomic E-state index is 11.9. The zero-order valence-electron chi connectivity index (χ0n) is 12.7. The fourth-order valence-electron chi connectivity index (χ4n) is 1.40. The number of hydrogen-bond acceptors (Lipinski definition) is 8. The zero-order chi connectivity index (χ0) is 18.7. The van der Waals surface area contributed by atoms with Gasteiger partial charge in [-0.1, -0.05) is 11.8 Å². The molecule has 0 spiro atoms. The van der Waals surface area contributed by atoms with E-state index >= 15 is 0 Å². The molecule has 0 aliphatic carbocycles. The fraction of sp³-hybridized carbons (Fsp3) is 0.583. The molecule has 136 valence electrons. The third-order valence-electron chi connectivity index (χ3n) is 2.58. The van der Waals surface area contributed by atoms with E-state index in [0.717, 1.165) is 11.8 Å². The molecule has 5 N–H and O–H groups in total. The van der Waals surface area contributed by atoms with Crippen LogP contribution in [0.4, 0.5) is 0 Å². The smallest absolute Gasteiger partial charge is 0.341 e. The molecule has 0 aromatic carbocycles. The van der Waals surface area contributed by atoms with E-state index in [0.29, 0.717) is 0 Å². The first-order valence-electron chi connectivity index (χ1n) is 6.67. The van der Waals surface area contributed by atoms with Crippen molar-refractivity contribution in [3.8, 4) is 0 Å². The summed E-state index contributed by atoms with van der Waals surface area (Å²) >= 11 is 5.65. The first kappa shape index (κ1) is 22.1. The van der Waals surface area contributed by atoms with Crippen LogP contribution in [0, 0.1) is 0 Å². The Hall–Kier alpha value is -1.85. The van der Waals surface area contributed by atoms with Gasteiger partial charge in [0.15, 0.2) is 5.12 Å². The van der Waals surface area contributed by atoms with Gasteiger partial charge in [-0.3, -0.25) is 19.2 Å². The highest BCUT2D eigenvalue weighted by Crippen LogP contribution is 2.06. The number of halogens is 1. The number of amides is 2. The molecular weight excluding hydrogens is 366 g/mol. The van der Waals surface area contributed by atoms with Crippen LogP contribution in [-0.4, -0.2) is 58.4 Å². The van der Waals surface area contributed by atoms with Crippen LogP contribution in [0.1, 0.15) is 19.8 Å². The molecule has 0 aliphatic heterocycles. The second kappa shape index (κ2) is 11.6. The van der Waals surface area contributed by atoms with Gasteiger partial charge in [0, 0.05) is 19.1 Å². The van der Waals surface area contributed by atoms with Crippen LogP contribution < -0.4 is 16.4 Å². The van der Waals surface area contributed by atoms with Crippen LogP contribution in [0.5, 0.6) is 0 Å². The van der Waals surface area contributed by atoms with Gasteiger partial charge < -0.3 is 25.8 Å². The molecule has 10 nitrogen and oxygen atoms in total. The summed E-state index contributed by atoms with van der Waals surface area (Å²) in [5.74, 6) is -3.57. The molecule has 2 atom stereocenters. The lowest BCUT2D eigenvalue weighted by Crippen LogP contribution is -2.49. The lowest BCUT2D eigenvalue weighted by atomic mass is 10.1. The highest BCUT2D eigenvalue weighted by Gasteiger charge is 2.23. The van der Waals surface area contributed by atoms with Crippen LogP contribution in [0.3, 0.4) is 0 Å². The Morgan fingerprint density at radius 2 is 1.92 bits per heavy atom. The summed E-state index contributed by atoms with van der Waals surface area (Å²) in [4.78, 5) is 56.1. The predicted molar refractivity (Wildman–Crippen MR) is 84.9 cm³/mol. The average Bonchev–Trinajstić information content (AvgIpc) is 2.52. The number of nitrogens with two attached hydrogens (primary N) is 1. The van der Waals surface area contributed by atoms with Crippen LogP contribution in [-0.2, 0) is 28.3 Å². The molecule has 12 heteroatoms. The highest BCUT2D eigenvalue weighted by atomic mass is 35.5. The van der Waals surface area contributed by atoms with Crippen LogP contribution >= 0.6 is 23.6 Å². The van der Waals surface area contributed by atoms with E-state index in [4.69, 9.17) is 22.7 Å². The van der Waals surface area contributed by atoms with E-state index in [2.05, 4.69) is 14.9 Å². The molecule has 0 fully saturated rings. The zero-order valence-corrected chi connectivity index (χ0v) is 14.3. The van der Waals surface area contributed by atoms with Gasteiger partial charge in [-0.15, -0.1) is 0 Å². The summed E-state index contributed by atoms with van der Waals surface area (Å²) in [5.41, 5.74) is 5.41. The van der Waals surface area contributed by atoms with Crippen molar-refractivity contribution in [2.24, 2.45) is 5.73 Å². The number of aliphatic carboxylic acids is 1. The van der Waals surface area contributed by atoms with Crippen LogP contribution in [0.2, 0.25) is 0 Å². The molecule has 2 unspecified atom stereocenters. The van der Waals surface area contributed by atoms with Crippen molar-refractivity contribution in [3.05, 3.63) is 0 Å². The van der Waals surface area contributed by atoms with Crippen molar-refractivity contribution >= 4 is 52.5 Å². The molecule has 0 aromatic rings. The summed E-state index contributed by atoms with van der Waals surface area (Å²) < 4.78 is 3.90. The second-order valence-electron chi connectivity index (χ2n) is 4.58.